The molecule has 0 spiro atoms. The Kier molecular flexibility index (Phi) is 10.6. The van der Waals surface area contributed by atoms with Crippen LogP contribution in [-0.2, 0) is 30.4 Å². The van der Waals surface area contributed by atoms with E-state index in [0.29, 0.717) is 26.3 Å². The van der Waals surface area contributed by atoms with E-state index in [9.17, 15) is 31.1 Å². The Morgan fingerprint density at radius 1 is 1.00 bits per heavy atom. The fourth-order valence-corrected chi connectivity index (χ4v) is 3.89. The van der Waals surface area contributed by atoms with Crippen molar-refractivity contribution in [2.75, 3.05) is 39.4 Å². The second-order valence-corrected chi connectivity index (χ2v) is 8.24. The first-order chi connectivity index (χ1) is 17.2. The molecule has 3 aliphatic heterocycles. The molecule has 0 radical (unpaired) electrons. The highest BCUT2D eigenvalue weighted by atomic mass is 19.4. The van der Waals surface area contributed by atoms with Gasteiger partial charge >= 0.3 is 24.3 Å². The molecule has 10 nitrogen and oxygen atoms in total. The van der Waals surface area contributed by atoms with Crippen LogP contribution in [0.1, 0.15) is 12.0 Å². The number of hydrogen-bond acceptors (Lipinski definition) is 7. The maximum atomic E-state index is 12.8. The van der Waals surface area contributed by atoms with E-state index in [1.54, 1.807) is 6.20 Å². The summed E-state index contributed by atoms with van der Waals surface area (Å²) in [6, 6.07) is 4.07. The molecule has 0 unspecified atom stereocenters. The molecular formula is C21H25F6N3O7. The van der Waals surface area contributed by atoms with Gasteiger partial charge in [-0.3, -0.25) is 14.7 Å². The monoisotopic (exact) mass is 545 g/mol. The van der Waals surface area contributed by atoms with Crippen molar-refractivity contribution in [1.82, 2.24) is 14.8 Å². The zero-order chi connectivity index (χ0) is 27.8. The summed E-state index contributed by atoms with van der Waals surface area (Å²) in [4.78, 5) is 39.1. The second-order valence-electron chi connectivity index (χ2n) is 8.24. The molecule has 2 N–H and O–H groups in total. The number of nitrogens with zero attached hydrogens (tertiary/aromatic N) is 3. The second kappa shape index (κ2) is 13.0. The summed E-state index contributed by atoms with van der Waals surface area (Å²) in [5.74, 6) is -5.25. The van der Waals surface area contributed by atoms with Crippen LogP contribution >= 0.6 is 0 Å². The SMILES string of the molecule is O=C(O)C(F)(F)F.O=C(O)C(F)(F)F.O=C([C@H]1C[C@@H]2CN(Cc3cccnc3)C[C@H]1O2)N1CCOCC1. The third kappa shape index (κ3) is 9.77. The van der Waals surface area contributed by atoms with Crippen molar-refractivity contribution in [2.24, 2.45) is 5.92 Å². The lowest BCUT2D eigenvalue weighted by Crippen LogP contribution is -2.48. The van der Waals surface area contributed by atoms with Gasteiger partial charge in [0, 0.05) is 45.1 Å². The smallest absolute Gasteiger partial charge is 0.475 e. The minimum absolute atomic E-state index is 0.0111. The van der Waals surface area contributed by atoms with Crippen molar-refractivity contribution >= 4 is 17.8 Å². The molecular weight excluding hydrogens is 520 g/mol. The van der Waals surface area contributed by atoms with Crippen LogP contribution < -0.4 is 0 Å². The number of carboxylic acid groups (broad SMARTS) is 2. The lowest BCUT2D eigenvalue weighted by molar-refractivity contribution is -0.193. The van der Waals surface area contributed by atoms with Crippen LogP contribution in [0.25, 0.3) is 0 Å². The number of halogens is 6. The number of morpholine rings is 2. The summed E-state index contributed by atoms with van der Waals surface area (Å²) in [6.07, 6.45) is -5.40. The third-order valence-corrected chi connectivity index (χ3v) is 5.49. The number of pyridine rings is 1. The van der Waals surface area contributed by atoms with E-state index in [2.05, 4.69) is 16.0 Å². The Balaban J connectivity index is 0.000000286. The van der Waals surface area contributed by atoms with E-state index in [0.717, 1.165) is 26.1 Å². The molecule has 37 heavy (non-hydrogen) atoms. The largest absolute Gasteiger partial charge is 0.490 e. The predicted molar refractivity (Wildman–Crippen MR) is 111 cm³/mol. The molecule has 4 rings (SSSR count). The highest BCUT2D eigenvalue weighted by Gasteiger charge is 2.46. The number of carbonyl (C=O) groups is 3. The average Bonchev–Trinajstić information content (AvgIpc) is 3.13. The first-order valence-electron chi connectivity index (χ1n) is 10.9. The summed E-state index contributed by atoms with van der Waals surface area (Å²) in [6.45, 7) is 5.34. The van der Waals surface area contributed by atoms with Gasteiger partial charge < -0.3 is 24.6 Å². The molecule has 4 heterocycles. The fourth-order valence-electron chi connectivity index (χ4n) is 3.89. The van der Waals surface area contributed by atoms with Gasteiger partial charge in [-0.15, -0.1) is 0 Å². The topological polar surface area (TPSA) is 129 Å². The van der Waals surface area contributed by atoms with Crippen molar-refractivity contribution in [3.8, 4) is 0 Å². The average molecular weight is 545 g/mol. The Labute approximate surface area is 206 Å². The van der Waals surface area contributed by atoms with E-state index in [1.165, 1.54) is 5.56 Å². The number of carbonyl (C=O) groups excluding carboxylic acids is 1. The van der Waals surface area contributed by atoms with Crippen LogP contribution in [0.2, 0.25) is 0 Å². The minimum atomic E-state index is -5.08. The zero-order valence-electron chi connectivity index (χ0n) is 19.2. The number of aromatic nitrogens is 1. The molecule has 16 heteroatoms. The number of carboxylic acids is 2. The molecule has 208 valence electrons. The summed E-state index contributed by atoms with van der Waals surface area (Å²) in [7, 11) is 0. The molecule has 1 aromatic heterocycles. The van der Waals surface area contributed by atoms with E-state index < -0.39 is 24.3 Å². The van der Waals surface area contributed by atoms with Crippen molar-refractivity contribution in [3.05, 3.63) is 30.1 Å². The molecule has 0 saturated carbocycles. The molecule has 1 amide bonds. The third-order valence-electron chi connectivity index (χ3n) is 5.49. The van der Waals surface area contributed by atoms with Crippen molar-refractivity contribution in [3.63, 3.8) is 0 Å². The molecule has 3 fully saturated rings. The molecule has 3 saturated heterocycles. The summed E-state index contributed by atoms with van der Waals surface area (Å²) in [5.41, 5.74) is 1.21. The van der Waals surface area contributed by atoms with Crippen LogP contribution in [0, 0.1) is 5.92 Å². The first-order valence-corrected chi connectivity index (χ1v) is 10.9. The van der Waals surface area contributed by atoms with Crippen molar-refractivity contribution in [2.45, 2.75) is 37.5 Å². The van der Waals surface area contributed by atoms with E-state index in [-0.39, 0.29) is 24.0 Å². The number of aliphatic carboxylic acids is 2. The summed E-state index contributed by atoms with van der Waals surface area (Å²) in [5, 5.41) is 14.2. The standard InChI is InChI=1S/C17H23N3O3.2C2HF3O2/c21-17(20-4-6-22-7-5-20)15-8-14-11-19(12-16(15)23-14)10-13-2-1-3-18-9-13;2*3-2(4,5)1(6)7/h1-3,9,14-16H,4-8,10-12H2;2*(H,6,7)/t14-,15+,16-;;/m1../s1. The maximum Gasteiger partial charge on any atom is 0.490 e. The molecule has 1 aromatic rings. The number of amides is 1. The number of alkyl halides is 6. The van der Waals surface area contributed by atoms with Gasteiger partial charge in [0.15, 0.2) is 0 Å². The number of hydrogen-bond donors (Lipinski definition) is 2. The number of likely N-dealkylation sites (tertiary alicyclic amines) is 1. The number of rotatable bonds is 3. The van der Waals surface area contributed by atoms with Gasteiger partial charge in [-0.1, -0.05) is 6.07 Å². The van der Waals surface area contributed by atoms with Gasteiger partial charge in [-0.2, -0.15) is 26.3 Å². The van der Waals surface area contributed by atoms with Crippen molar-refractivity contribution in [1.29, 1.82) is 0 Å². The summed E-state index contributed by atoms with van der Waals surface area (Å²) < 4.78 is 74.9. The Hall–Kier alpha value is -2.98. The van der Waals surface area contributed by atoms with Gasteiger partial charge in [0.05, 0.1) is 31.3 Å². The van der Waals surface area contributed by atoms with Gasteiger partial charge in [-0.25, -0.2) is 9.59 Å². The molecule has 0 aliphatic carbocycles. The Bertz CT molecular complexity index is 886. The van der Waals surface area contributed by atoms with Gasteiger partial charge in [0.2, 0.25) is 5.91 Å². The lowest BCUT2D eigenvalue weighted by atomic mass is 9.98. The number of fused-ring (bicyclic) bond motifs is 2. The zero-order valence-corrected chi connectivity index (χ0v) is 19.2. The molecule has 3 atom stereocenters. The fraction of sp³-hybridized carbons (Fsp3) is 0.619. The van der Waals surface area contributed by atoms with Crippen LogP contribution in [0.3, 0.4) is 0 Å². The normalized spacial score (nSPS) is 23.7. The predicted octanol–water partition coefficient (Wildman–Crippen LogP) is 1.80. The van der Waals surface area contributed by atoms with Crippen molar-refractivity contribution < 1.29 is 60.4 Å². The highest BCUT2D eigenvalue weighted by Crippen LogP contribution is 2.34. The lowest BCUT2D eigenvalue weighted by Gasteiger charge is -2.34. The Morgan fingerprint density at radius 2 is 1.57 bits per heavy atom. The summed E-state index contributed by atoms with van der Waals surface area (Å²) >= 11 is 0. The van der Waals surface area contributed by atoms with E-state index in [4.69, 9.17) is 29.3 Å². The quantitative estimate of drug-likeness (QED) is 0.547. The van der Waals surface area contributed by atoms with Crippen LogP contribution in [0.4, 0.5) is 26.3 Å². The van der Waals surface area contributed by atoms with Gasteiger partial charge in [0.25, 0.3) is 0 Å². The van der Waals surface area contributed by atoms with E-state index >= 15 is 0 Å². The Morgan fingerprint density at radius 3 is 2.05 bits per heavy atom. The van der Waals surface area contributed by atoms with Gasteiger partial charge in [0.1, 0.15) is 0 Å². The van der Waals surface area contributed by atoms with Crippen LogP contribution in [0.15, 0.2) is 24.5 Å². The van der Waals surface area contributed by atoms with E-state index in [1.807, 2.05) is 17.2 Å². The molecule has 0 aromatic carbocycles. The van der Waals surface area contributed by atoms with Crippen LogP contribution in [-0.4, -0.2) is 107 Å². The highest BCUT2D eigenvalue weighted by molar-refractivity contribution is 5.80. The molecule has 2 bridgehead atoms. The van der Waals surface area contributed by atoms with Crippen LogP contribution in [0.5, 0.6) is 0 Å². The molecule has 3 aliphatic rings. The first kappa shape index (κ1) is 30.2. The maximum absolute atomic E-state index is 12.8. The minimum Gasteiger partial charge on any atom is -0.475 e. The number of ether oxygens (including phenoxy) is 2. The van der Waals surface area contributed by atoms with Gasteiger partial charge in [-0.05, 0) is 18.1 Å².